The molecule has 0 aromatic rings. The van der Waals surface area contributed by atoms with Crippen molar-refractivity contribution in [1.82, 2.24) is 0 Å². The summed E-state index contributed by atoms with van der Waals surface area (Å²) in [6, 6.07) is 1.57. The molecule has 0 radical (unpaired) electrons. The van der Waals surface area contributed by atoms with Gasteiger partial charge in [0.1, 0.15) is 0 Å². The van der Waals surface area contributed by atoms with Crippen LogP contribution >= 0.6 is 0 Å². The Labute approximate surface area is 163 Å². The first kappa shape index (κ1) is 25.2. The Bertz CT molecular complexity index is 224. The first-order chi connectivity index (χ1) is 12.3. The van der Waals surface area contributed by atoms with Crippen LogP contribution in [-0.2, 0) is 0 Å². The second-order valence-electron chi connectivity index (χ2n) is 8.90. The molecule has 0 amide bonds. The quantitative estimate of drug-likeness (QED) is 0.140. The SMILES string of the molecule is CCCCCCCCCCCCCCCCCCCCCC[SiH](C)C. The smallest absolute Gasteiger partial charge is 0.0305 e. The number of rotatable bonds is 21. The predicted octanol–water partition coefficient (Wildman–Crippen LogP) is 9.29. The lowest BCUT2D eigenvalue weighted by molar-refractivity contribution is 0.523. The third-order valence-electron chi connectivity index (χ3n) is 5.64. The topological polar surface area (TPSA) is 0 Å². The highest BCUT2D eigenvalue weighted by atomic mass is 28.3. The minimum absolute atomic E-state index is 0.269. The van der Waals surface area contributed by atoms with Gasteiger partial charge in [0.2, 0.25) is 0 Å². The maximum atomic E-state index is 2.48. The summed E-state index contributed by atoms with van der Waals surface area (Å²) in [5.41, 5.74) is 0. The summed E-state index contributed by atoms with van der Waals surface area (Å²) in [6.45, 7) is 7.27. The summed E-state index contributed by atoms with van der Waals surface area (Å²) in [5.74, 6) is 0. The monoisotopic (exact) mass is 368 g/mol. The molecule has 0 spiro atoms. The molecule has 0 unspecified atom stereocenters. The van der Waals surface area contributed by atoms with Crippen molar-refractivity contribution in [3.63, 3.8) is 0 Å². The molecule has 0 saturated heterocycles. The van der Waals surface area contributed by atoms with Crippen molar-refractivity contribution in [2.45, 2.75) is 154 Å². The van der Waals surface area contributed by atoms with Crippen LogP contribution in [0.4, 0.5) is 0 Å². The van der Waals surface area contributed by atoms with E-state index in [1.165, 1.54) is 128 Å². The molecule has 1 heteroatoms. The van der Waals surface area contributed by atoms with Crippen molar-refractivity contribution in [2.24, 2.45) is 0 Å². The third kappa shape index (κ3) is 24.2. The zero-order chi connectivity index (χ0) is 18.4. The van der Waals surface area contributed by atoms with Crippen molar-refractivity contribution < 1.29 is 0 Å². The van der Waals surface area contributed by atoms with E-state index in [1.807, 2.05) is 0 Å². The molecule has 0 aromatic carbocycles. The van der Waals surface area contributed by atoms with Crippen LogP contribution in [0.15, 0.2) is 0 Å². The van der Waals surface area contributed by atoms with Gasteiger partial charge in [-0.15, -0.1) is 0 Å². The van der Waals surface area contributed by atoms with Crippen molar-refractivity contribution >= 4 is 8.80 Å². The number of hydrogen-bond donors (Lipinski definition) is 0. The van der Waals surface area contributed by atoms with Crippen LogP contribution in [0.3, 0.4) is 0 Å². The highest BCUT2D eigenvalue weighted by Crippen LogP contribution is 2.15. The van der Waals surface area contributed by atoms with Gasteiger partial charge in [0.25, 0.3) is 0 Å². The second kappa shape index (κ2) is 22.3. The van der Waals surface area contributed by atoms with Crippen molar-refractivity contribution in [3.05, 3.63) is 0 Å². The Morgan fingerprint density at radius 1 is 0.360 bits per heavy atom. The van der Waals surface area contributed by atoms with E-state index in [0.29, 0.717) is 0 Å². The lowest BCUT2D eigenvalue weighted by atomic mass is 10.0. The number of unbranched alkanes of at least 4 members (excludes halogenated alkanes) is 19. The summed E-state index contributed by atoms with van der Waals surface area (Å²) < 4.78 is 0. The van der Waals surface area contributed by atoms with Gasteiger partial charge >= 0.3 is 0 Å². The van der Waals surface area contributed by atoms with Gasteiger partial charge in [-0.25, -0.2) is 0 Å². The molecule has 0 saturated carbocycles. The molecular weight excluding hydrogens is 316 g/mol. The van der Waals surface area contributed by atoms with E-state index in [9.17, 15) is 0 Å². The van der Waals surface area contributed by atoms with Crippen molar-refractivity contribution in [1.29, 1.82) is 0 Å². The molecule has 0 aliphatic heterocycles. The van der Waals surface area contributed by atoms with Gasteiger partial charge in [-0.05, 0) is 0 Å². The minimum Gasteiger partial charge on any atom is -0.0722 e. The van der Waals surface area contributed by atoms with Gasteiger partial charge in [0.05, 0.1) is 0 Å². The Balaban J connectivity index is 2.96. The van der Waals surface area contributed by atoms with Gasteiger partial charge in [-0.3, -0.25) is 0 Å². The van der Waals surface area contributed by atoms with Crippen molar-refractivity contribution in [3.8, 4) is 0 Å². The molecule has 0 aliphatic carbocycles. The van der Waals surface area contributed by atoms with E-state index in [1.54, 1.807) is 6.04 Å². The Kier molecular flexibility index (Phi) is 22.5. The molecular formula is C24H52Si. The molecule has 0 nitrogen and oxygen atoms in total. The molecule has 0 N–H and O–H groups in total. The summed E-state index contributed by atoms with van der Waals surface area (Å²) in [7, 11) is -0.269. The van der Waals surface area contributed by atoms with Crippen LogP contribution in [-0.4, -0.2) is 8.80 Å². The Morgan fingerprint density at radius 2 is 0.600 bits per heavy atom. The molecule has 0 atom stereocenters. The summed E-state index contributed by atoms with van der Waals surface area (Å²) in [5, 5.41) is 0. The van der Waals surface area contributed by atoms with Crippen LogP contribution in [0, 0.1) is 0 Å². The maximum Gasteiger partial charge on any atom is 0.0305 e. The molecule has 0 aromatic heterocycles. The molecule has 152 valence electrons. The summed E-state index contributed by atoms with van der Waals surface area (Å²) >= 11 is 0. The van der Waals surface area contributed by atoms with Gasteiger partial charge in [-0.2, -0.15) is 0 Å². The zero-order valence-electron chi connectivity index (χ0n) is 18.4. The Hall–Kier alpha value is 0.217. The number of hydrogen-bond acceptors (Lipinski definition) is 0. The van der Waals surface area contributed by atoms with Gasteiger partial charge in [0, 0.05) is 8.80 Å². The third-order valence-corrected chi connectivity index (χ3v) is 7.20. The van der Waals surface area contributed by atoms with Crippen LogP contribution in [0.1, 0.15) is 135 Å². The normalized spacial score (nSPS) is 11.5. The van der Waals surface area contributed by atoms with Crippen LogP contribution < -0.4 is 0 Å². The van der Waals surface area contributed by atoms with Crippen molar-refractivity contribution in [2.75, 3.05) is 0 Å². The van der Waals surface area contributed by atoms with E-state index < -0.39 is 0 Å². The predicted molar refractivity (Wildman–Crippen MR) is 122 cm³/mol. The van der Waals surface area contributed by atoms with Gasteiger partial charge < -0.3 is 0 Å². The standard InChI is InChI=1S/C24H52Si/c1-4-5-6-7-8-9-10-11-12-13-14-15-16-17-18-19-20-21-22-23-24-25(2)3/h25H,4-24H2,1-3H3. The van der Waals surface area contributed by atoms with E-state index >= 15 is 0 Å². The highest BCUT2D eigenvalue weighted by molar-refractivity contribution is 6.55. The largest absolute Gasteiger partial charge is 0.0722 e. The lowest BCUT2D eigenvalue weighted by Crippen LogP contribution is -1.97. The zero-order valence-corrected chi connectivity index (χ0v) is 19.6. The van der Waals surface area contributed by atoms with Gasteiger partial charge in [-0.1, -0.05) is 154 Å². The fourth-order valence-corrected chi connectivity index (χ4v) is 4.91. The van der Waals surface area contributed by atoms with E-state index in [2.05, 4.69) is 20.0 Å². The first-order valence-electron chi connectivity index (χ1n) is 12.3. The lowest BCUT2D eigenvalue weighted by Gasteiger charge is -2.04. The van der Waals surface area contributed by atoms with E-state index in [0.717, 1.165) is 0 Å². The van der Waals surface area contributed by atoms with Crippen LogP contribution in [0.5, 0.6) is 0 Å². The van der Waals surface area contributed by atoms with Gasteiger partial charge in [0.15, 0.2) is 0 Å². The molecule has 25 heavy (non-hydrogen) atoms. The molecule has 0 rings (SSSR count). The summed E-state index contributed by atoms with van der Waals surface area (Å²) in [4.78, 5) is 0. The first-order valence-corrected chi connectivity index (χ1v) is 15.4. The molecule has 0 bridgehead atoms. The average molecular weight is 369 g/mol. The minimum atomic E-state index is -0.269. The highest BCUT2D eigenvalue weighted by Gasteiger charge is 1.97. The second-order valence-corrected chi connectivity index (χ2v) is 12.3. The van der Waals surface area contributed by atoms with Crippen LogP contribution in [0.25, 0.3) is 0 Å². The van der Waals surface area contributed by atoms with E-state index in [-0.39, 0.29) is 8.80 Å². The molecule has 0 aliphatic rings. The molecule has 0 fully saturated rings. The van der Waals surface area contributed by atoms with Crippen LogP contribution in [0.2, 0.25) is 19.1 Å². The van der Waals surface area contributed by atoms with E-state index in [4.69, 9.17) is 0 Å². The average Bonchev–Trinajstić information content (AvgIpc) is 2.60. The Morgan fingerprint density at radius 3 is 0.840 bits per heavy atom. The maximum absolute atomic E-state index is 2.48. The molecule has 0 heterocycles. The fraction of sp³-hybridized carbons (Fsp3) is 1.00. The summed E-state index contributed by atoms with van der Waals surface area (Å²) in [6.07, 6.45) is 29.7. The fourth-order valence-electron chi connectivity index (χ4n) is 3.81.